The minimum Gasteiger partial charge on any atom is -0.352 e. The standard InChI is InChI=1S/C14H14N8O/c1-2-3-4-14(19-20-14)5-6-16-13(23)11-7-10(8-15-9-11)12-17-21-22-18-12/h1,7-9H,3-6H2,(H,16,23)(H,17,18,21,22). The highest BCUT2D eigenvalue weighted by Gasteiger charge is 2.38. The van der Waals surface area contributed by atoms with Gasteiger partial charge in [0.25, 0.3) is 5.91 Å². The molecule has 0 fully saturated rings. The number of hydrogen-bond acceptors (Lipinski definition) is 7. The molecule has 0 atom stereocenters. The van der Waals surface area contributed by atoms with Crippen LogP contribution in [0, 0.1) is 12.3 Å². The largest absolute Gasteiger partial charge is 0.352 e. The van der Waals surface area contributed by atoms with Crippen molar-refractivity contribution in [1.29, 1.82) is 0 Å². The molecule has 1 amide bonds. The molecular weight excluding hydrogens is 296 g/mol. The molecule has 3 rings (SSSR count). The molecule has 2 aromatic rings. The van der Waals surface area contributed by atoms with Crippen LogP contribution in [0.15, 0.2) is 28.7 Å². The lowest BCUT2D eigenvalue weighted by molar-refractivity contribution is 0.0951. The van der Waals surface area contributed by atoms with E-state index >= 15 is 0 Å². The maximum atomic E-state index is 12.2. The summed E-state index contributed by atoms with van der Waals surface area (Å²) in [5.41, 5.74) is 0.642. The summed E-state index contributed by atoms with van der Waals surface area (Å²) in [6, 6.07) is 1.66. The molecule has 1 aliphatic heterocycles. The Hall–Kier alpha value is -3.15. The topological polar surface area (TPSA) is 121 Å². The number of H-pyrrole nitrogens is 1. The average Bonchev–Trinajstić information content (AvgIpc) is 3.12. The van der Waals surface area contributed by atoms with Crippen molar-refractivity contribution < 1.29 is 4.79 Å². The van der Waals surface area contributed by atoms with Gasteiger partial charge in [0.05, 0.1) is 5.56 Å². The van der Waals surface area contributed by atoms with Crippen LogP contribution in [0.1, 0.15) is 29.6 Å². The molecule has 0 saturated heterocycles. The van der Waals surface area contributed by atoms with Gasteiger partial charge in [-0.1, -0.05) is 0 Å². The van der Waals surface area contributed by atoms with Crippen molar-refractivity contribution in [2.75, 3.05) is 6.54 Å². The van der Waals surface area contributed by atoms with Crippen molar-refractivity contribution in [2.45, 2.75) is 24.9 Å². The van der Waals surface area contributed by atoms with Gasteiger partial charge in [-0.05, 0) is 11.3 Å². The van der Waals surface area contributed by atoms with E-state index in [0.29, 0.717) is 42.8 Å². The van der Waals surface area contributed by atoms with Crippen LogP contribution in [0.5, 0.6) is 0 Å². The Balaban J connectivity index is 1.55. The first-order valence-corrected chi connectivity index (χ1v) is 7.07. The second kappa shape index (κ2) is 6.31. The van der Waals surface area contributed by atoms with E-state index in [1.54, 1.807) is 12.3 Å². The summed E-state index contributed by atoms with van der Waals surface area (Å²) in [5.74, 6) is 2.73. The van der Waals surface area contributed by atoms with E-state index in [9.17, 15) is 4.79 Å². The van der Waals surface area contributed by atoms with Gasteiger partial charge in [-0.25, -0.2) is 0 Å². The van der Waals surface area contributed by atoms with Crippen LogP contribution in [-0.4, -0.2) is 43.7 Å². The minimum atomic E-state index is -0.398. The van der Waals surface area contributed by atoms with E-state index in [0.717, 1.165) is 0 Å². The zero-order valence-corrected chi connectivity index (χ0v) is 12.2. The van der Waals surface area contributed by atoms with Crippen LogP contribution in [0.25, 0.3) is 11.4 Å². The van der Waals surface area contributed by atoms with Gasteiger partial charge in [0.15, 0.2) is 5.66 Å². The fourth-order valence-electron chi connectivity index (χ4n) is 2.12. The predicted molar refractivity (Wildman–Crippen MR) is 80.0 cm³/mol. The van der Waals surface area contributed by atoms with Crippen molar-refractivity contribution >= 4 is 5.91 Å². The van der Waals surface area contributed by atoms with Gasteiger partial charge in [-0.3, -0.25) is 9.78 Å². The molecule has 0 unspecified atom stereocenters. The third-order valence-electron chi connectivity index (χ3n) is 3.47. The molecule has 3 heterocycles. The number of terminal acetylenes is 1. The molecule has 0 bridgehead atoms. The molecule has 0 radical (unpaired) electrons. The van der Waals surface area contributed by atoms with Crippen LogP contribution in [0.4, 0.5) is 0 Å². The van der Waals surface area contributed by atoms with Crippen LogP contribution in [0.3, 0.4) is 0 Å². The summed E-state index contributed by atoms with van der Waals surface area (Å²) >= 11 is 0. The third kappa shape index (κ3) is 3.55. The van der Waals surface area contributed by atoms with Crippen molar-refractivity contribution in [3.8, 4) is 23.7 Å². The van der Waals surface area contributed by atoms with E-state index in [1.165, 1.54) is 6.20 Å². The van der Waals surface area contributed by atoms with Crippen molar-refractivity contribution in [2.24, 2.45) is 10.2 Å². The molecule has 1 aliphatic rings. The number of rotatable bonds is 7. The molecule has 2 aromatic heterocycles. The zero-order valence-electron chi connectivity index (χ0n) is 12.2. The Kier molecular flexibility index (Phi) is 4.05. The monoisotopic (exact) mass is 310 g/mol. The number of nitrogens with one attached hydrogen (secondary N) is 2. The number of tetrazole rings is 1. The summed E-state index contributed by atoms with van der Waals surface area (Å²) in [4.78, 5) is 16.2. The predicted octanol–water partition coefficient (Wildman–Crippen LogP) is 0.957. The normalized spacial score (nSPS) is 14.2. The van der Waals surface area contributed by atoms with E-state index in [4.69, 9.17) is 6.42 Å². The Morgan fingerprint density at radius 2 is 2.22 bits per heavy atom. The van der Waals surface area contributed by atoms with Gasteiger partial charge in [-0.2, -0.15) is 15.4 Å². The Morgan fingerprint density at radius 1 is 1.35 bits per heavy atom. The number of amides is 1. The number of hydrogen-bond donors (Lipinski definition) is 2. The fourth-order valence-corrected chi connectivity index (χ4v) is 2.12. The first-order valence-electron chi connectivity index (χ1n) is 7.07. The molecule has 9 heteroatoms. The average molecular weight is 310 g/mol. The van der Waals surface area contributed by atoms with E-state index in [1.807, 2.05) is 0 Å². The number of aromatic amines is 1. The molecular formula is C14H14N8O. The number of carbonyl (C=O) groups excluding carboxylic acids is 1. The highest BCUT2D eigenvalue weighted by molar-refractivity contribution is 5.94. The highest BCUT2D eigenvalue weighted by Crippen LogP contribution is 2.36. The number of nitrogens with zero attached hydrogens (tertiary/aromatic N) is 6. The molecule has 23 heavy (non-hydrogen) atoms. The number of carbonyl (C=O) groups is 1. The zero-order chi connectivity index (χ0) is 16.1. The lowest BCUT2D eigenvalue weighted by atomic mass is 10.0. The molecule has 0 saturated carbocycles. The van der Waals surface area contributed by atoms with Gasteiger partial charge in [0, 0.05) is 43.8 Å². The summed E-state index contributed by atoms with van der Waals surface area (Å²) in [6.45, 7) is 0.461. The number of pyridine rings is 1. The SMILES string of the molecule is C#CCCC1(CCNC(=O)c2cncc(-c3nn[nH]n3)c2)N=N1. The molecule has 2 N–H and O–H groups in total. The highest BCUT2D eigenvalue weighted by atomic mass is 16.1. The Labute approximate surface area is 132 Å². The maximum Gasteiger partial charge on any atom is 0.252 e. The second-order valence-electron chi connectivity index (χ2n) is 5.09. The van der Waals surface area contributed by atoms with Gasteiger partial charge in [-0.15, -0.1) is 22.5 Å². The van der Waals surface area contributed by atoms with Crippen LogP contribution in [-0.2, 0) is 0 Å². The number of aromatic nitrogens is 5. The fraction of sp³-hybridized carbons (Fsp3) is 0.357. The van der Waals surface area contributed by atoms with Crippen LogP contribution in [0.2, 0.25) is 0 Å². The van der Waals surface area contributed by atoms with Crippen molar-refractivity contribution in [1.82, 2.24) is 30.9 Å². The maximum absolute atomic E-state index is 12.2. The molecule has 116 valence electrons. The van der Waals surface area contributed by atoms with Gasteiger partial charge < -0.3 is 5.32 Å². The molecule has 0 spiro atoms. The van der Waals surface area contributed by atoms with Gasteiger partial charge in [0.1, 0.15) is 0 Å². The summed E-state index contributed by atoms with van der Waals surface area (Å²) in [5, 5.41) is 24.4. The summed E-state index contributed by atoms with van der Waals surface area (Å²) in [6.07, 6.45) is 10.3. The van der Waals surface area contributed by atoms with Crippen molar-refractivity contribution in [3.63, 3.8) is 0 Å². The summed E-state index contributed by atoms with van der Waals surface area (Å²) < 4.78 is 0. The molecule has 0 aromatic carbocycles. The first kappa shape index (κ1) is 14.8. The second-order valence-corrected chi connectivity index (χ2v) is 5.09. The van der Waals surface area contributed by atoms with E-state index in [-0.39, 0.29) is 5.91 Å². The third-order valence-corrected chi connectivity index (χ3v) is 3.47. The lowest BCUT2D eigenvalue weighted by Crippen LogP contribution is -2.28. The van der Waals surface area contributed by atoms with Crippen LogP contribution < -0.4 is 5.32 Å². The van der Waals surface area contributed by atoms with Gasteiger partial charge in [0.2, 0.25) is 5.82 Å². The quantitative estimate of drug-likeness (QED) is 0.738. The Morgan fingerprint density at radius 3 is 2.91 bits per heavy atom. The van der Waals surface area contributed by atoms with E-state index < -0.39 is 5.66 Å². The van der Waals surface area contributed by atoms with Crippen LogP contribution >= 0.6 is 0 Å². The van der Waals surface area contributed by atoms with E-state index in [2.05, 4.69) is 47.1 Å². The molecule has 9 nitrogen and oxygen atoms in total. The van der Waals surface area contributed by atoms with Gasteiger partial charge >= 0.3 is 0 Å². The smallest absolute Gasteiger partial charge is 0.252 e. The first-order chi connectivity index (χ1) is 11.2. The lowest BCUT2D eigenvalue weighted by Gasteiger charge is -2.10. The minimum absolute atomic E-state index is 0.226. The van der Waals surface area contributed by atoms with Crippen molar-refractivity contribution in [3.05, 3.63) is 24.0 Å². The Bertz CT molecular complexity index is 755. The molecule has 0 aliphatic carbocycles. The summed E-state index contributed by atoms with van der Waals surface area (Å²) in [7, 11) is 0.